The van der Waals surface area contributed by atoms with Crippen LogP contribution < -0.4 is 10.0 Å². The number of likely N-dealkylation sites (tertiary alicyclic amines) is 1. The number of pyridine rings is 1. The quantitative estimate of drug-likeness (QED) is 0.670. The van der Waals surface area contributed by atoms with Crippen LogP contribution in [0.25, 0.3) is 0 Å². The lowest BCUT2D eigenvalue weighted by Gasteiger charge is -2.33. The first-order valence-electron chi connectivity index (χ1n) is 7.38. The van der Waals surface area contributed by atoms with Gasteiger partial charge in [0.1, 0.15) is 16.7 Å². The van der Waals surface area contributed by atoms with Gasteiger partial charge in [0.2, 0.25) is 0 Å². The van der Waals surface area contributed by atoms with Gasteiger partial charge in [-0.2, -0.15) is 0 Å². The van der Waals surface area contributed by atoms with Crippen molar-refractivity contribution in [3.05, 3.63) is 28.6 Å². The third kappa shape index (κ3) is 4.40. The van der Waals surface area contributed by atoms with Crippen molar-refractivity contribution in [3.63, 3.8) is 0 Å². The molecule has 7 heteroatoms. The highest BCUT2D eigenvalue weighted by Crippen LogP contribution is 2.21. The van der Waals surface area contributed by atoms with E-state index in [9.17, 15) is 10.0 Å². The van der Waals surface area contributed by atoms with Crippen LogP contribution in [0.5, 0.6) is 0 Å². The molecule has 6 nitrogen and oxygen atoms in total. The largest absolute Gasteiger partial charge is 0.711 e. The fraction of sp³-hybridized carbons (Fsp3) is 0.600. The number of hydrogen-bond acceptors (Lipinski definition) is 4. The van der Waals surface area contributed by atoms with Crippen LogP contribution in [0.1, 0.15) is 33.6 Å². The Bertz CT molecular complexity index is 525. The normalized spacial score (nSPS) is 18.9. The van der Waals surface area contributed by atoms with Crippen molar-refractivity contribution in [1.29, 1.82) is 0 Å². The number of carbonyl (C=O) groups is 1. The summed E-state index contributed by atoms with van der Waals surface area (Å²) in [6.45, 7) is 6.67. The predicted octanol–water partition coefficient (Wildman–Crippen LogP) is 2.78. The van der Waals surface area contributed by atoms with Gasteiger partial charge in [0, 0.05) is 6.54 Å². The van der Waals surface area contributed by atoms with E-state index in [0.717, 1.165) is 12.8 Å². The van der Waals surface area contributed by atoms with Crippen LogP contribution in [0.15, 0.2) is 18.3 Å². The molecule has 1 saturated heterocycles. The van der Waals surface area contributed by atoms with Crippen LogP contribution >= 0.6 is 11.6 Å². The Morgan fingerprint density at radius 2 is 2.27 bits per heavy atom. The first-order chi connectivity index (χ1) is 10.3. The van der Waals surface area contributed by atoms with Gasteiger partial charge in [-0.25, -0.2) is 9.52 Å². The van der Waals surface area contributed by atoms with Crippen LogP contribution in [0.3, 0.4) is 0 Å². The molecule has 0 saturated carbocycles. The van der Waals surface area contributed by atoms with E-state index < -0.39 is 5.60 Å². The molecule has 122 valence electrons. The molecular weight excluding hydrogens is 306 g/mol. The zero-order valence-electron chi connectivity index (χ0n) is 13.1. The van der Waals surface area contributed by atoms with Gasteiger partial charge in [0.25, 0.3) is 5.82 Å². The molecule has 1 N–H and O–H groups in total. The summed E-state index contributed by atoms with van der Waals surface area (Å²) >= 11 is 6.05. The van der Waals surface area contributed by atoms with Crippen molar-refractivity contribution in [2.75, 3.05) is 18.4 Å². The molecule has 0 spiro atoms. The molecule has 1 fully saturated rings. The molecule has 0 aromatic carbocycles. The number of aromatic nitrogens is 1. The number of rotatable bonds is 2. The van der Waals surface area contributed by atoms with Crippen molar-refractivity contribution >= 4 is 23.5 Å². The second kappa shape index (κ2) is 6.60. The summed E-state index contributed by atoms with van der Waals surface area (Å²) in [7, 11) is 0. The second-order valence-electron chi connectivity index (χ2n) is 6.44. The van der Waals surface area contributed by atoms with Crippen LogP contribution in [-0.4, -0.2) is 35.7 Å². The number of carbonyl (C=O) groups excluding carboxylic acids is 1. The van der Waals surface area contributed by atoms with E-state index in [2.05, 4.69) is 5.32 Å². The van der Waals surface area contributed by atoms with Crippen molar-refractivity contribution in [1.82, 2.24) is 4.90 Å². The van der Waals surface area contributed by atoms with E-state index in [1.807, 2.05) is 20.8 Å². The summed E-state index contributed by atoms with van der Waals surface area (Å²) in [5.74, 6) is 0.320. The maximum absolute atomic E-state index is 12.1. The fourth-order valence-corrected chi connectivity index (χ4v) is 2.59. The Morgan fingerprint density at radius 3 is 2.91 bits per heavy atom. The van der Waals surface area contributed by atoms with Crippen LogP contribution in [-0.2, 0) is 4.74 Å². The monoisotopic (exact) mass is 327 g/mol. The van der Waals surface area contributed by atoms with Gasteiger partial charge in [0.15, 0.2) is 0 Å². The molecule has 0 aliphatic carbocycles. The number of piperidine rings is 1. The number of amides is 1. The standard InChI is InChI=1S/C15H22ClN3O3/c1-15(2,3)22-14(20)18-8-4-6-11(10-18)17-13-12(16)7-5-9-19(13)21/h5,7,9,11,17H,4,6,8,10H2,1-3H3. The van der Waals surface area contributed by atoms with Gasteiger partial charge < -0.3 is 14.8 Å². The van der Waals surface area contributed by atoms with Crippen LogP contribution in [0.2, 0.25) is 5.02 Å². The Morgan fingerprint density at radius 1 is 1.55 bits per heavy atom. The SMILES string of the molecule is CC(C)(C)OC(=O)N1CCCC(Nc2c(Cl)ccc[n+]2[O-])C1. The molecule has 1 atom stereocenters. The van der Waals surface area contributed by atoms with Gasteiger partial charge in [-0.15, -0.1) is 0 Å². The van der Waals surface area contributed by atoms with Crippen molar-refractivity contribution in [2.45, 2.75) is 45.3 Å². The van der Waals surface area contributed by atoms with E-state index >= 15 is 0 Å². The number of nitrogens with one attached hydrogen (secondary N) is 1. The lowest BCUT2D eigenvalue weighted by molar-refractivity contribution is -0.590. The number of ether oxygens (including phenoxy) is 1. The minimum atomic E-state index is -0.516. The summed E-state index contributed by atoms with van der Waals surface area (Å²) in [5.41, 5.74) is -0.516. The molecule has 1 aliphatic rings. The molecule has 1 aromatic heterocycles. The lowest BCUT2D eigenvalue weighted by Crippen LogP contribution is -2.48. The first kappa shape index (κ1) is 16.7. The molecule has 0 bridgehead atoms. The summed E-state index contributed by atoms with van der Waals surface area (Å²) in [4.78, 5) is 13.8. The van der Waals surface area contributed by atoms with Crippen LogP contribution in [0.4, 0.5) is 10.6 Å². The molecule has 1 unspecified atom stereocenters. The highest BCUT2D eigenvalue weighted by atomic mass is 35.5. The molecule has 1 aromatic rings. The van der Waals surface area contributed by atoms with E-state index in [1.165, 1.54) is 6.20 Å². The number of anilines is 1. The Balaban J connectivity index is 2.00. The first-order valence-corrected chi connectivity index (χ1v) is 7.76. The molecule has 1 aliphatic heterocycles. The molecule has 2 rings (SSSR count). The smallest absolute Gasteiger partial charge is 0.410 e. The van der Waals surface area contributed by atoms with Gasteiger partial charge in [-0.05, 0) is 45.7 Å². The van der Waals surface area contributed by atoms with Gasteiger partial charge >= 0.3 is 6.09 Å². The molecule has 2 heterocycles. The summed E-state index contributed by atoms with van der Waals surface area (Å²) in [6.07, 6.45) is 2.78. The Kier molecular flexibility index (Phi) is 5.01. The predicted molar refractivity (Wildman–Crippen MR) is 84.9 cm³/mol. The third-order valence-corrected chi connectivity index (χ3v) is 3.63. The summed E-state index contributed by atoms with van der Waals surface area (Å²) in [6, 6.07) is 3.22. The van der Waals surface area contributed by atoms with Crippen molar-refractivity contribution < 1.29 is 14.3 Å². The minimum absolute atomic E-state index is 0.0265. The number of halogens is 1. The zero-order valence-corrected chi connectivity index (χ0v) is 13.9. The van der Waals surface area contributed by atoms with Gasteiger partial charge in [-0.1, -0.05) is 11.6 Å². The molecule has 22 heavy (non-hydrogen) atoms. The highest BCUT2D eigenvalue weighted by Gasteiger charge is 2.30. The number of nitrogens with zero attached hydrogens (tertiary/aromatic N) is 2. The maximum atomic E-state index is 12.1. The summed E-state index contributed by atoms with van der Waals surface area (Å²) in [5, 5.41) is 15.3. The fourth-order valence-electron chi connectivity index (χ4n) is 2.38. The average molecular weight is 328 g/mol. The van der Waals surface area contributed by atoms with Crippen molar-refractivity contribution in [3.8, 4) is 0 Å². The van der Waals surface area contributed by atoms with E-state index in [1.54, 1.807) is 17.0 Å². The molecular formula is C15H22ClN3O3. The van der Waals surface area contributed by atoms with Gasteiger partial charge in [-0.3, -0.25) is 5.32 Å². The Hall–Kier alpha value is -1.69. The highest BCUT2D eigenvalue weighted by molar-refractivity contribution is 6.32. The van der Waals surface area contributed by atoms with Gasteiger partial charge in [0.05, 0.1) is 12.7 Å². The zero-order chi connectivity index (χ0) is 16.3. The average Bonchev–Trinajstić information content (AvgIpc) is 2.41. The summed E-state index contributed by atoms with van der Waals surface area (Å²) < 4.78 is 6.09. The molecule has 1 amide bonds. The second-order valence-corrected chi connectivity index (χ2v) is 6.85. The van der Waals surface area contributed by atoms with E-state index in [-0.39, 0.29) is 12.1 Å². The minimum Gasteiger partial charge on any atom is -0.711 e. The lowest BCUT2D eigenvalue weighted by atomic mass is 10.1. The van der Waals surface area contributed by atoms with Crippen LogP contribution in [0, 0.1) is 5.21 Å². The number of hydrogen-bond donors (Lipinski definition) is 1. The van der Waals surface area contributed by atoms with Crippen molar-refractivity contribution in [2.24, 2.45) is 0 Å². The third-order valence-electron chi connectivity index (χ3n) is 3.32. The Labute approximate surface area is 135 Å². The maximum Gasteiger partial charge on any atom is 0.410 e. The topological polar surface area (TPSA) is 68.5 Å². The van der Waals surface area contributed by atoms with E-state index in [0.29, 0.717) is 28.7 Å². The van der Waals surface area contributed by atoms with E-state index in [4.69, 9.17) is 16.3 Å². The molecule has 0 radical (unpaired) electrons.